The maximum absolute atomic E-state index is 11.8. The maximum atomic E-state index is 11.8. The Morgan fingerprint density at radius 1 is 1.29 bits per heavy atom. The average Bonchev–Trinajstić information content (AvgIpc) is 2.24. The molecule has 5 heteroatoms. The van der Waals surface area contributed by atoms with Gasteiger partial charge in [-0.05, 0) is 38.0 Å². The van der Waals surface area contributed by atoms with Crippen LogP contribution >= 0.6 is 0 Å². The molecule has 0 atom stereocenters. The Labute approximate surface area is 101 Å². The summed E-state index contributed by atoms with van der Waals surface area (Å²) < 4.78 is 5.23. The first-order valence-electron chi connectivity index (χ1n) is 6.24. The SMILES string of the molecule is O=C(CC1CCOCC1)NC1(C(=O)O)CCC1. The molecule has 2 N–H and O–H groups in total. The van der Waals surface area contributed by atoms with E-state index in [4.69, 9.17) is 9.84 Å². The molecule has 0 aromatic heterocycles. The average molecular weight is 241 g/mol. The molecule has 5 nitrogen and oxygen atoms in total. The number of nitrogens with one attached hydrogen (secondary N) is 1. The van der Waals surface area contributed by atoms with Crippen molar-refractivity contribution in [3.05, 3.63) is 0 Å². The number of carbonyl (C=O) groups excluding carboxylic acids is 1. The molecule has 0 spiro atoms. The quantitative estimate of drug-likeness (QED) is 0.767. The van der Waals surface area contributed by atoms with Crippen molar-refractivity contribution < 1.29 is 19.4 Å². The van der Waals surface area contributed by atoms with Gasteiger partial charge in [0, 0.05) is 19.6 Å². The van der Waals surface area contributed by atoms with Crippen molar-refractivity contribution >= 4 is 11.9 Å². The van der Waals surface area contributed by atoms with Crippen LogP contribution in [-0.2, 0) is 14.3 Å². The van der Waals surface area contributed by atoms with E-state index in [-0.39, 0.29) is 5.91 Å². The molecule has 1 saturated carbocycles. The van der Waals surface area contributed by atoms with Crippen molar-refractivity contribution in [2.45, 2.75) is 44.1 Å². The second kappa shape index (κ2) is 5.04. The zero-order chi connectivity index (χ0) is 12.3. The van der Waals surface area contributed by atoms with Crippen LogP contribution in [0.4, 0.5) is 0 Å². The summed E-state index contributed by atoms with van der Waals surface area (Å²) >= 11 is 0. The number of carbonyl (C=O) groups is 2. The van der Waals surface area contributed by atoms with E-state index in [1.165, 1.54) is 0 Å². The van der Waals surface area contributed by atoms with Gasteiger partial charge >= 0.3 is 5.97 Å². The van der Waals surface area contributed by atoms with Gasteiger partial charge in [0.1, 0.15) is 5.54 Å². The van der Waals surface area contributed by atoms with Gasteiger partial charge in [-0.25, -0.2) is 4.79 Å². The molecule has 0 aromatic rings. The predicted molar refractivity (Wildman–Crippen MR) is 60.5 cm³/mol. The summed E-state index contributed by atoms with van der Waals surface area (Å²) in [5.41, 5.74) is -0.970. The zero-order valence-electron chi connectivity index (χ0n) is 9.91. The molecule has 0 radical (unpaired) electrons. The Bertz CT molecular complexity index is 306. The molecule has 0 bridgehead atoms. The Morgan fingerprint density at radius 2 is 1.94 bits per heavy atom. The first-order chi connectivity index (χ1) is 8.12. The number of aliphatic carboxylic acids is 1. The lowest BCUT2D eigenvalue weighted by Crippen LogP contribution is -2.59. The lowest BCUT2D eigenvalue weighted by atomic mass is 9.76. The summed E-state index contributed by atoms with van der Waals surface area (Å²) in [6.45, 7) is 1.42. The van der Waals surface area contributed by atoms with Crippen molar-refractivity contribution in [1.29, 1.82) is 0 Å². The van der Waals surface area contributed by atoms with Crippen molar-refractivity contribution in [1.82, 2.24) is 5.32 Å². The van der Waals surface area contributed by atoms with Crippen molar-refractivity contribution in [2.24, 2.45) is 5.92 Å². The number of ether oxygens (including phenoxy) is 1. The number of carboxylic acids is 1. The second-order valence-electron chi connectivity index (χ2n) is 5.05. The van der Waals surface area contributed by atoms with Crippen LogP contribution in [-0.4, -0.2) is 35.7 Å². The second-order valence-corrected chi connectivity index (χ2v) is 5.05. The summed E-state index contributed by atoms with van der Waals surface area (Å²) in [6.07, 6.45) is 4.22. The van der Waals surface area contributed by atoms with Crippen LogP contribution in [0.2, 0.25) is 0 Å². The molecule has 0 aromatic carbocycles. The molecule has 96 valence electrons. The van der Waals surface area contributed by atoms with Gasteiger partial charge in [-0.1, -0.05) is 0 Å². The Balaban J connectivity index is 1.81. The molecule has 2 fully saturated rings. The largest absolute Gasteiger partial charge is 0.480 e. The Morgan fingerprint density at radius 3 is 2.41 bits per heavy atom. The highest BCUT2D eigenvalue weighted by Crippen LogP contribution is 2.32. The first kappa shape index (κ1) is 12.4. The van der Waals surface area contributed by atoms with Crippen LogP contribution in [0.3, 0.4) is 0 Å². The molecular weight excluding hydrogens is 222 g/mol. The maximum Gasteiger partial charge on any atom is 0.329 e. The van der Waals surface area contributed by atoms with Crippen LogP contribution in [0.1, 0.15) is 38.5 Å². The minimum Gasteiger partial charge on any atom is -0.480 e. The van der Waals surface area contributed by atoms with Crippen LogP contribution in [0.25, 0.3) is 0 Å². The number of amides is 1. The smallest absolute Gasteiger partial charge is 0.329 e. The molecular formula is C12H19NO4. The molecule has 0 unspecified atom stereocenters. The van der Waals surface area contributed by atoms with E-state index in [1.54, 1.807) is 0 Å². The van der Waals surface area contributed by atoms with E-state index in [0.29, 0.717) is 38.4 Å². The highest BCUT2D eigenvalue weighted by molar-refractivity contribution is 5.87. The van der Waals surface area contributed by atoms with Crippen LogP contribution < -0.4 is 5.32 Å². The first-order valence-corrected chi connectivity index (χ1v) is 6.24. The van der Waals surface area contributed by atoms with Crippen molar-refractivity contribution in [2.75, 3.05) is 13.2 Å². The van der Waals surface area contributed by atoms with Gasteiger partial charge in [-0.2, -0.15) is 0 Å². The fourth-order valence-corrected chi connectivity index (χ4v) is 2.45. The summed E-state index contributed by atoms with van der Waals surface area (Å²) in [5.74, 6) is -0.683. The molecule has 17 heavy (non-hydrogen) atoms. The third-order valence-corrected chi connectivity index (χ3v) is 3.81. The van der Waals surface area contributed by atoms with E-state index in [9.17, 15) is 9.59 Å². The van der Waals surface area contributed by atoms with Gasteiger partial charge in [0.25, 0.3) is 0 Å². The monoisotopic (exact) mass is 241 g/mol. The topological polar surface area (TPSA) is 75.6 Å². The lowest BCUT2D eigenvalue weighted by molar-refractivity contribution is -0.152. The standard InChI is InChI=1S/C12H19NO4/c14-10(8-9-2-6-17-7-3-9)13-12(11(15)16)4-1-5-12/h9H,1-8H2,(H,13,14)(H,15,16). The number of rotatable bonds is 4. The lowest BCUT2D eigenvalue weighted by Gasteiger charge is -2.38. The fourth-order valence-electron chi connectivity index (χ4n) is 2.45. The normalized spacial score (nSPS) is 23.8. The number of hydrogen-bond acceptors (Lipinski definition) is 3. The molecule has 1 aliphatic carbocycles. The van der Waals surface area contributed by atoms with E-state index < -0.39 is 11.5 Å². The predicted octanol–water partition coefficient (Wildman–Crippen LogP) is 0.927. The third kappa shape index (κ3) is 2.77. The minimum absolute atomic E-state index is 0.126. The molecule has 2 rings (SSSR count). The Kier molecular flexibility index (Phi) is 3.66. The van der Waals surface area contributed by atoms with Crippen molar-refractivity contribution in [3.8, 4) is 0 Å². The molecule has 1 aliphatic heterocycles. The van der Waals surface area contributed by atoms with Crippen LogP contribution in [0.5, 0.6) is 0 Å². The van der Waals surface area contributed by atoms with Crippen molar-refractivity contribution in [3.63, 3.8) is 0 Å². The van der Waals surface area contributed by atoms with E-state index in [2.05, 4.69) is 5.32 Å². The Hall–Kier alpha value is -1.10. The summed E-state index contributed by atoms with van der Waals surface area (Å²) in [5, 5.41) is 11.8. The molecule has 2 aliphatic rings. The molecule has 1 amide bonds. The van der Waals surface area contributed by atoms with Gasteiger partial charge in [-0.15, -0.1) is 0 Å². The summed E-state index contributed by atoms with van der Waals surface area (Å²) in [4.78, 5) is 22.9. The van der Waals surface area contributed by atoms with Crippen LogP contribution in [0.15, 0.2) is 0 Å². The highest BCUT2D eigenvalue weighted by atomic mass is 16.5. The minimum atomic E-state index is -0.970. The summed E-state index contributed by atoms with van der Waals surface area (Å²) in [7, 11) is 0. The number of hydrogen-bond donors (Lipinski definition) is 2. The highest BCUT2D eigenvalue weighted by Gasteiger charge is 2.45. The van der Waals surface area contributed by atoms with E-state index in [1.807, 2.05) is 0 Å². The molecule has 1 saturated heterocycles. The zero-order valence-corrected chi connectivity index (χ0v) is 9.91. The number of carboxylic acid groups (broad SMARTS) is 1. The van der Waals surface area contributed by atoms with Gasteiger partial charge in [0.15, 0.2) is 0 Å². The van der Waals surface area contributed by atoms with Gasteiger partial charge < -0.3 is 15.2 Å². The van der Waals surface area contributed by atoms with Crippen LogP contribution in [0, 0.1) is 5.92 Å². The van der Waals surface area contributed by atoms with E-state index >= 15 is 0 Å². The van der Waals surface area contributed by atoms with E-state index in [0.717, 1.165) is 19.3 Å². The van der Waals surface area contributed by atoms with Gasteiger partial charge in [-0.3, -0.25) is 4.79 Å². The fraction of sp³-hybridized carbons (Fsp3) is 0.833. The van der Waals surface area contributed by atoms with Gasteiger partial charge in [0.05, 0.1) is 0 Å². The third-order valence-electron chi connectivity index (χ3n) is 3.81. The summed E-state index contributed by atoms with van der Waals surface area (Å²) in [6, 6.07) is 0. The molecule has 1 heterocycles. The van der Waals surface area contributed by atoms with Gasteiger partial charge in [0.2, 0.25) is 5.91 Å².